The predicted octanol–water partition coefficient (Wildman–Crippen LogP) is 8.26. The molecule has 6 aromatic rings. The van der Waals surface area contributed by atoms with Gasteiger partial charge in [-0.2, -0.15) is 49.7 Å². The van der Waals surface area contributed by atoms with Crippen LogP contribution in [0.1, 0.15) is 40.3 Å². The summed E-state index contributed by atoms with van der Waals surface area (Å²) >= 11 is 0. The van der Waals surface area contributed by atoms with Gasteiger partial charge in [0.05, 0.1) is 0 Å². The molecule has 0 saturated heterocycles. The summed E-state index contributed by atoms with van der Waals surface area (Å²) in [6.45, 7) is 13.2. The normalized spacial score (nSPS) is 10.4. The first-order chi connectivity index (χ1) is 20.9. The van der Waals surface area contributed by atoms with Gasteiger partial charge in [0.15, 0.2) is 0 Å². The maximum Gasteiger partial charge on any atom is 1.00 e. The van der Waals surface area contributed by atoms with Crippen LogP contribution in [0.4, 0.5) is 0 Å². The molecular weight excluding hydrogens is 616 g/mol. The van der Waals surface area contributed by atoms with Gasteiger partial charge in [-0.1, -0.05) is 193 Å². The van der Waals surface area contributed by atoms with Gasteiger partial charge in [0.1, 0.15) is 6.15 Å². The smallest absolute Gasteiger partial charge is 0.196 e. The van der Waals surface area contributed by atoms with Gasteiger partial charge in [0.25, 0.3) is 0 Å². The van der Waals surface area contributed by atoms with Crippen molar-refractivity contribution in [1.82, 2.24) is 0 Å². The van der Waals surface area contributed by atoms with Crippen LogP contribution in [0.5, 0.6) is 0 Å². The molecule has 0 aliphatic heterocycles. The SMILES string of the molecule is CCc1ccccc1.Cc1c(C)c(C)[c-](C)c1C.[Ru+].c1ccc([B-](c2ccccc2)(c2ccccc2)c2ccccc2)cc1. The zero-order valence-corrected chi connectivity index (χ0v) is 28.8. The van der Waals surface area contributed by atoms with Crippen molar-refractivity contribution in [2.45, 2.75) is 48.0 Å². The Bertz CT molecular complexity index is 1410. The largest absolute Gasteiger partial charge is 1.00 e. The third-order valence-electron chi connectivity index (χ3n) is 9.26. The number of hydrogen-bond acceptors (Lipinski definition) is 0. The molecule has 0 amide bonds. The molecule has 0 spiro atoms. The average Bonchev–Trinajstić information content (AvgIpc) is 3.25. The van der Waals surface area contributed by atoms with E-state index in [1.54, 1.807) is 0 Å². The third-order valence-corrected chi connectivity index (χ3v) is 9.26. The Hall–Kier alpha value is -3.86. The molecule has 6 rings (SSSR count). The standard InChI is InChI=1S/C24H20B.C10H15.C8H10.Ru/c1-5-13-21(14-6-1)25(22-15-7-2-8-16-22,23-17-9-3-10-18-23)24-19-11-4-12-20-24;1-6-7(2)9(4)10(5)8(6)3;1-2-8-6-4-3-5-7-8;/h1-20H;1-5H3;3-7H,2H2,1H3;/q2*-1;;+1. The summed E-state index contributed by atoms with van der Waals surface area (Å²) in [6.07, 6.45) is -0.0758. The van der Waals surface area contributed by atoms with Crippen molar-refractivity contribution in [3.05, 3.63) is 185 Å². The molecule has 0 unspecified atom stereocenters. The number of benzene rings is 5. The van der Waals surface area contributed by atoms with Crippen LogP contribution in [-0.4, -0.2) is 6.15 Å². The van der Waals surface area contributed by atoms with Crippen LogP contribution in [0.3, 0.4) is 0 Å². The minimum Gasteiger partial charge on any atom is -0.196 e. The zero-order valence-electron chi connectivity index (χ0n) is 27.1. The first-order valence-corrected chi connectivity index (χ1v) is 15.5. The van der Waals surface area contributed by atoms with Gasteiger partial charge in [-0.05, 0) is 12.0 Å². The minimum absolute atomic E-state index is 0. The van der Waals surface area contributed by atoms with Gasteiger partial charge >= 0.3 is 19.5 Å². The third kappa shape index (κ3) is 7.80. The van der Waals surface area contributed by atoms with Crippen LogP contribution in [0.2, 0.25) is 0 Å². The Morgan fingerprint density at radius 3 is 0.864 bits per heavy atom. The second kappa shape index (κ2) is 16.8. The van der Waals surface area contributed by atoms with E-state index in [0.29, 0.717) is 0 Å². The van der Waals surface area contributed by atoms with Crippen molar-refractivity contribution in [2.75, 3.05) is 0 Å². The summed E-state index contributed by atoms with van der Waals surface area (Å²) in [5.41, 5.74) is 14.1. The molecule has 0 aliphatic carbocycles. The number of hydrogen-bond donors (Lipinski definition) is 0. The van der Waals surface area contributed by atoms with Gasteiger partial charge < -0.3 is 0 Å². The van der Waals surface area contributed by atoms with E-state index in [-0.39, 0.29) is 19.5 Å². The van der Waals surface area contributed by atoms with Gasteiger partial charge in [-0.3, -0.25) is 0 Å². The summed E-state index contributed by atoms with van der Waals surface area (Å²) < 4.78 is 0. The number of rotatable bonds is 5. The molecule has 0 heterocycles. The van der Waals surface area contributed by atoms with Crippen LogP contribution in [-0.2, 0) is 25.9 Å². The quantitative estimate of drug-likeness (QED) is 0.129. The van der Waals surface area contributed by atoms with Crippen molar-refractivity contribution in [2.24, 2.45) is 0 Å². The summed E-state index contributed by atoms with van der Waals surface area (Å²) in [6, 6.07) is 54.0. The Balaban J connectivity index is 0.000000229. The molecule has 0 fully saturated rings. The van der Waals surface area contributed by atoms with E-state index in [0.717, 1.165) is 6.42 Å². The minimum atomic E-state index is -1.22. The molecule has 0 saturated carbocycles. The maximum absolute atomic E-state index is 2.26. The van der Waals surface area contributed by atoms with Crippen molar-refractivity contribution in [3.8, 4) is 0 Å². The van der Waals surface area contributed by atoms with E-state index >= 15 is 0 Å². The van der Waals surface area contributed by atoms with Crippen molar-refractivity contribution in [3.63, 3.8) is 0 Å². The monoisotopic (exact) mass is 662 g/mol. The van der Waals surface area contributed by atoms with E-state index < -0.39 is 6.15 Å². The molecule has 2 heteroatoms. The van der Waals surface area contributed by atoms with Crippen molar-refractivity contribution < 1.29 is 19.5 Å². The molecule has 0 aromatic heterocycles. The summed E-state index contributed by atoms with van der Waals surface area (Å²) in [4.78, 5) is 0. The second-order valence-corrected chi connectivity index (χ2v) is 11.5. The second-order valence-electron chi connectivity index (χ2n) is 11.5. The summed E-state index contributed by atoms with van der Waals surface area (Å²) in [5, 5.41) is 0. The molecule has 6 aromatic carbocycles. The molecule has 0 bridgehead atoms. The number of aryl methyl sites for hydroxylation is 1. The molecule has 44 heavy (non-hydrogen) atoms. The first kappa shape index (κ1) is 34.6. The van der Waals surface area contributed by atoms with E-state index in [9.17, 15) is 0 Å². The average molecular weight is 662 g/mol. The predicted molar refractivity (Wildman–Crippen MR) is 192 cm³/mol. The first-order valence-electron chi connectivity index (χ1n) is 15.5. The fourth-order valence-electron chi connectivity index (χ4n) is 6.24. The molecule has 1 radical (unpaired) electrons. The summed E-state index contributed by atoms with van der Waals surface area (Å²) in [7, 11) is 0. The molecule has 0 aliphatic rings. The Labute approximate surface area is 279 Å². The molecule has 225 valence electrons. The van der Waals surface area contributed by atoms with E-state index in [1.807, 2.05) is 6.07 Å². The summed E-state index contributed by atoms with van der Waals surface area (Å²) in [5.74, 6) is 0. The van der Waals surface area contributed by atoms with E-state index in [1.165, 1.54) is 55.2 Å². The van der Waals surface area contributed by atoms with Crippen LogP contribution in [0.15, 0.2) is 152 Å². The van der Waals surface area contributed by atoms with Crippen LogP contribution in [0.25, 0.3) is 0 Å². The topological polar surface area (TPSA) is 0 Å². The van der Waals surface area contributed by atoms with Crippen LogP contribution >= 0.6 is 0 Å². The van der Waals surface area contributed by atoms with Crippen LogP contribution in [0, 0.1) is 34.6 Å². The fraction of sp³-hybridized carbons (Fsp3) is 0.167. The van der Waals surface area contributed by atoms with E-state index in [4.69, 9.17) is 0 Å². The van der Waals surface area contributed by atoms with Crippen molar-refractivity contribution in [1.29, 1.82) is 0 Å². The Kier molecular flexibility index (Phi) is 13.3. The van der Waals surface area contributed by atoms with Gasteiger partial charge in [0.2, 0.25) is 0 Å². The van der Waals surface area contributed by atoms with Gasteiger partial charge in [0, 0.05) is 0 Å². The van der Waals surface area contributed by atoms with Gasteiger partial charge in [-0.25, -0.2) is 0 Å². The van der Waals surface area contributed by atoms with E-state index in [2.05, 4.69) is 187 Å². The fourth-order valence-corrected chi connectivity index (χ4v) is 6.24. The Morgan fingerprint density at radius 1 is 0.432 bits per heavy atom. The van der Waals surface area contributed by atoms with Crippen LogP contribution < -0.4 is 21.9 Å². The molecule has 0 nitrogen and oxygen atoms in total. The van der Waals surface area contributed by atoms with Gasteiger partial charge in [-0.15, -0.1) is 0 Å². The van der Waals surface area contributed by atoms with Crippen molar-refractivity contribution >= 4 is 28.0 Å². The molecular formula is C42H45BRu-. The molecule has 0 atom stereocenters. The molecule has 0 N–H and O–H groups in total. The zero-order chi connectivity index (χ0) is 30.7. The maximum atomic E-state index is 2.26. The Morgan fingerprint density at radius 2 is 0.682 bits per heavy atom.